The van der Waals surface area contributed by atoms with Gasteiger partial charge in [-0.15, -0.1) is 0 Å². The molecule has 17 heavy (non-hydrogen) atoms. The molecule has 0 rings (SSSR count). The molecule has 0 aromatic carbocycles. The van der Waals surface area contributed by atoms with Crippen LogP contribution in [-0.4, -0.2) is 43.8 Å². The summed E-state index contributed by atoms with van der Waals surface area (Å²) in [7, 11) is 0. The van der Waals surface area contributed by atoms with Crippen LogP contribution >= 0.6 is 0 Å². The van der Waals surface area contributed by atoms with E-state index in [0.717, 1.165) is 19.4 Å². The number of aliphatic hydroxyl groups excluding tert-OH is 1. The number of hydrogen-bond donors (Lipinski definition) is 2. The molecule has 0 saturated heterocycles. The molecule has 0 aliphatic rings. The molecule has 2 N–H and O–H groups in total. The summed E-state index contributed by atoms with van der Waals surface area (Å²) in [4.78, 5) is 0. The average molecular weight is 247 g/mol. The van der Waals surface area contributed by atoms with E-state index >= 15 is 0 Å². The number of aliphatic hydroxyl groups is 1. The molecule has 0 amide bonds. The number of ether oxygens (including phenoxy) is 2. The van der Waals surface area contributed by atoms with Crippen molar-refractivity contribution in [3.8, 4) is 0 Å². The summed E-state index contributed by atoms with van der Waals surface area (Å²) in [5.41, 5.74) is 0. The Morgan fingerprint density at radius 1 is 1.12 bits per heavy atom. The van der Waals surface area contributed by atoms with Gasteiger partial charge in [-0.25, -0.2) is 0 Å². The summed E-state index contributed by atoms with van der Waals surface area (Å²) < 4.78 is 10.9. The van der Waals surface area contributed by atoms with E-state index in [2.05, 4.69) is 19.2 Å². The highest BCUT2D eigenvalue weighted by Gasteiger charge is 2.11. The normalized spacial score (nSPS) is 13.6. The summed E-state index contributed by atoms with van der Waals surface area (Å²) in [6.45, 7) is 10.6. The van der Waals surface area contributed by atoms with E-state index in [1.807, 2.05) is 13.8 Å². The molecule has 104 valence electrons. The van der Waals surface area contributed by atoms with Crippen molar-refractivity contribution >= 4 is 0 Å². The number of hydrogen-bond acceptors (Lipinski definition) is 4. The highest BCUT2D eigenvalue weighted by molar-refractivity contribution is 4.67. The minimum absolute atomic E-state index is 0.129. The van der Waals surface area contributed by atoms with E-state index in [1.165, 1.54) is 0 Å². The second kappa shape index (κ2) is 11.0. The van der Waals surface area contributed by atoms with Gasteiger partial charge >= 0.3 is 0 Å². The van der Waals surface area contributed by atoms with Crippen molar-refractivity contribution in [2.45, 2.75) is 52.9 Å². The molecule has 0 heterocycles. The van der Waals surface area contributed by atoms with Crippen molar-refractivity contribution < 1.29 is 14.6 Å². The lowest BCUT2D eigenvalue weighted by Gasteiger charge is -2.21. The van der Waals surface area contributed by atoms with Crippen LogP contribution in [0, 0.1) is 5.92 Å². The number of nitrogens with one attached hydrogen (secondary N) is 1. The van der Waals surface area contributed by atoms with Gasteiger partial charge in [0.25, 0.3) is 0 Å². The fourth-order valence-electron chi connectivity index (χ4n) is 1.78. The van der Waals surface area contributed by atoms with Crippen LogP contribution < -0.4 is 5.32 Å². The summed E-state index contributed by atoms with van der Waals surface area (Å²) in [6, 6.07) is 0.180. The molecule has 4 heteroatoms. The predicted molar refractivity (Wildman–Crippen MR) is 70.0 cm³/mol. The summed E-state index contributed by atoms with van der Waals surface area (Å²) in [5, 5.41) is 12.6. The largest absolute Gasteiger partial charge is 0.395 e. The van der Waals surface area contributed by atoms with Gasteiger partial charge in [0.05, 0.1) is 6.61 Å². The molecule has 4 nitrogen and oxygen atoms in total. The van der Waals surface area contributed by atoms with E-state index < -0.39 is 0 Å². The first-order chi connectivity index (χ1) is 8.13. The zero-order valence-electron chi connectivity index (χ0n) is 11.7. The van der Waals surface area contributed by atoms with Crippen molar-refractivity contribution in [2.24, 2.45) is 5.92 Å². The SMILES string of the molecule is CCOC(CCNC(CO)CC(C)C)OCC. The lowest BCUT2D eigenvalue weighted by Crippen LogP contribution is -2.36. The van der Waals surface area contributed by atoms with Crippen molar-refractivity contribution in [3.63, 3.8) is 0 Å². The lowest BCUT2D eigenvalue weighted by atomic mass is 10.0. The lowest BCUT2D eigenvalue weighted by molar-refractivity contribution is -0.138. The Hall–Kier alpha value is -0.160. The van der Waals surface area contributed by atoms with Crippen LogP contribution in [0.1, 0.15) is 40.5 Å². The van der Waals surface area contributed by atoms with Crippen LogP contribution in [-0.2, 0) is 9.47 Å². The van der Waals surface area contributed by atoms with Crippen LogP contribution in [0.15, 0.2) is 0 Å². The van der Waals surface area contributed by atoms with Crippen LogP contribution in [0.4, 0.5) is 0 Å². The van der Waals surface area contributed by atoms with E-state index in [9.17, 15) is 5.11 Å². The van der Waals surface area contributed by atoms with Gasteiger partial charge in [0.2, 0.25) is 0 Å². The van der Waals surface area contributed by atoms with Gasteiger partial charge in [-0.2, -0.15) is 0 Å². The first-order valence-electron chi connectivity index (χ1n) is 6.71. The Morgan fingerprint density at radius 3 is 2.12 bits per heavy atom. The first kappa shape index (κ1) is 16.8. The molecule has 0 aliphatic heterocycles. The quantitative estimate of drug-likeness (QED) is 0.546. The van der Waals surface area contributed by atoms with Crippen LogP contribution in [0.3, 0.4) is 0 Å². The minimum atomic E-state index is -0.129. The summed E-state index contributed by atoms with van der Waals surface area (Å²) in [5.74, 6) is 0.592. The molecule has 0 radical (unpaired) electrons. The van der Waals surface area contributed by atoms with Crippen LogP contribution in [0.5, 0.6) is 0 Å². The fraction of sp³-hybridized carbons (Fsp3) is 1.00. The van der Waals surface area contributed by atoms with Gasteiger partial charge in [-0.3, -0.25) is 0 Å². The molecular weight excluding hydrogens is 218 g/mol. The maximum absolute atomic E-state index is 9.22. The molecule has 0 bridgehead atoms. The Kier molecular flexibility index (Phi) is 10.9. The molecule has 0 aromatic heterocycles. The van der Waals surface area contributed by atoms with Crippen LogP contribution in [0.25, 0.3) is 0 Å². The average Bonchev–Trinajstić information content (AvgIpc) is 2.27. The van der Waals surface area contributed by atoms with Crippen molar-refractivity contribution in [3.05, 3.63) is 0 Å². The van der Waals surface area contributed by atoms with E-state index in [-0.39, 0.29) is 18.9 Å². The van der Waals surface area contributed by atoms with E-state index in [0.29, 0.717) is 19.1 Å². The Morgan fingerprint density at radius 2 is 1.71 bits per heavy atom. The molecule has 0 aromatic rings. The van der Waals surface area contributed by atoms with Crippen molar-refractivity contribution in [1.29, 1.82) is 0 Å². The van der Waals surface area contributed by atoms with Gasteiger partial charge < -0.3 is 19.9 Å². The molecule has 0 fully saturated rings. The number of rotatable bonds is 11. The van der Waals surface area contributed by atoms with E-state index in [4.69, 9.17) is 9.47 Å². The first-order valence-corrected chi connectivity index (χ1v) is 6.71. The monoisotopic (exact) mass is 247 g/mol. The third-order valence-electron chi connectivity index (χ3n) is 2.49. The van der Waals surface area contributed by atoms with Gasteiger partial charge in [0.1, 0.15) is 0 Å². The third-order valence-corrected chi connectivity index (χ3v) is 2.49. The fourth-order valence-corrected chi connectivity index (χ4v) is 1.78. The summed E-state index contributed by atoms with van der Waals surface area (Å²) in [6.07, 6.45) is 1.68. The third kappa shape index (κ3) is 9.53. The highest BCUT2D eigenvalue weighted by atomic mass is 16.7. The molecule has 0 aliphatic carbocycles. The van der Waals surface area contributed by atoms with Gasteiger partial charge in [0, 0.05) is 32.2 Å². The van der Waals surface area contributed by atoms with Gasteiger partial charge in [-0.1, -0.05) is 13.8 Å². The molecule has 0 spiro atoms. The highest BCUT2D eigenvalue weighted by Crippen LogP contribution is 2.05. The Balaban J connectivity index is 3.75. The van der Waals surface area contributed by atoms with E-state index in [1.54, 1.807) is 0 Å². The second-order valence-corrected chi connectivity index (χ2v) is 4.59. The standard InChI is InChI=1S/C13H29NO3/c1-5-16-13(17-6-2)7-8-14-12(10-15)9-11(3)4/h11-15H,5-10H2,1-4H3. The van der Waals surface area contributed by atoms with Crippen LogP contribution in [0.2, 0.25) is 0 Å². The zero-order valence-corrected chi connectivity index (χ0v) is 11.7. The zero-order chi connectivity index (χ0) is 13.1. The molecular formula is C13H29NO3. The van der Waals surface area contributed by atoms with Crippen molar-refractivity contribution in [2.75, 3.05) is 26.4 Å². The molecule has 1 atom stereocenters. The van der Waals surface area contributed by atoms with Gasteiger partial charge in [0.15, 0.2) is 6.29 Å². The maximum atomic E-state index is 9.22. The Labute approximate surface area is 106 Å². The molecule has 1 unspecified atom stereocenters. The Bertz CT molecular complexity index is 157. The summed E-state index contributed by atoms with van der Waals surface area (Å²) >= 11 is 0. The minimum Gasteiger partial charge on any atom is -0.395 e. The maximum Gasteiger partial charge on any atom is 0.158 e. The molecule has 0 saturated carbocycles. The van der Waals surface area contributed by atoms with Gasteiger partial charge in [-0.05, 0) is 26.2 Å². The smallest absolute Gasteiger partial charge is 0.158 e. The second-order valence-electron chi connectivity index (χ2n) is 4.59. The predicted octanol–water partition coefficient (Wildman–Crippen LogP) is 1.77. The van der Waals surface area contributed by atoms with Crippen molar-refractivity contribution in [1.82, 2.24) is 5.32 Å². The topological polar surface area (TPSA) is 50.7 Å².